The number of benzene rings is 1. The van der Waals surface area contributed by atoms with Crippen LogP contribution in [0.5, 0.6) is 0 Å². The lowest BCUT2D eigenvalue weighted by molar-refractivity contribution is -0.118. The molecule has 7 nitrogen and oxygen atoms in total. The highest BCUT2D eigenvalue weighted by Gasteiger charge is 2.40. The summed E-state index contributed by atoms with van der Waals surface area (Å²) in [6.45, 7) is -0.259. The molecule has 1 heterocycles. The Hall–Kier alpha value is -2.09. The van der Waals surface area contributed by atoms with E-state index in [0.717, 1.165) is 0 Å². The summed E-state index contributed by atoms with van der Waals surface area (Å²) < 4.78 is 24.8. The highest BCUT2D eigenvalue weighted by atomic mass is 32.2. The minimum absolute atomic E-state index is 0.0636. The Morgan fingerprint density at radius 2 is 2.00 bits per heavy atom. The highest BCUT2D eigenvalue weighted by molar-refractivity contribution is 7.90. The van der Waals surface area contributed by atoms with Crippen LogP contribution < -0.4 is 11.5 Å². The van der Waals surface area contributed by atoms with Gasteiger partial charge in [-0.2, -0.15) is 0 Å². The zero-order valence-electron chi connectivity index (χ0n) is 9.29. The average Bonchev–Trinajstić information content (AvgIpc) is 2.45. The minimum Gasteiger partial charge on any atom is -0.399 e. The number of nitrogens with zero attached hydrogens (tertiary/aromatic N) is 1. The van der Waals surface area contributed by atoms with Crippen LogP contribution in [0.3, 0.4) is 0 Å². The largest absolute Gasteiger partial charge is 0.399 e. The zero-order chi connectivity index (χ0) is 13.5. The van der Waals surface area contributed by atoms with Gasteiger partial charge >= 0.3 is 0 Å². The second kappa shape index (κ2) is 3.98. The van der Waals surface area contributed by atoms with Gasteiger partial charge in [-0.05, 0) is 18.2 Å². The number of hydrogen-bond acceptors (Lipinski definition) is 5. The van der Waals surface area contributed by atoms with Gasteiger partial charge in [0, 0.05) is 18.7 Å². The molecule has 0 aromatic heterocycles. The molecule has 0 bridgehead atoms. The van der Waals surface area contributed by atoms with Crippen LogP contribution in [0, 0.1) is 0 Å². The van der Waals surface area contributed by atoms with Crippen LogP contribution in [0.4, 0.5) is 5.69 Å². The van der Waals surface area contributed by atoms with Gasteiger partial charge in [0.2, 0.25) is 5.91 Å². The van der Waals surface area contributed by atoms with Crippen LogP contribution in [0.15, 0.2) is 23.1 Å². The van der Waals surface area contributed by atoms with Gasteiger partial charge in [0.25, 0.3) is 15.9 Å². The summed E-state index contributed by atoms with van der Waals surface area (Å²) in [7, 11) is -3.92. The Bertz CT molecular complexity index is 639. The predicted octanol–water partition coefficient (Wildman–Crippen LogP) is -0.711. The molecule has 0 saturated carbocycles. The van der Waals surface area contributed by atoms with Crippen LogP contribution in [0.1, 0.15) is 16.8 Å². The molecule has 4 N–H and O–H groups in total. The Morgan fingerprint density at radius 3 is 2.61 bits per heavy atom. The van der Waals surface area contributed by atoms with E-state index in [1.165, 1.54) is 18.2 Å². The van der Waals surface area contributed by atoms with Crippen molar-refractivity contribution in [2.45, 2.75) is 11.3 Å². The van der Waals surface area contributed by atoms with Crippen LogP contribution in [0.2, 0.25) is 0 Å². The van der Waals surface area contributed by atoms with E-state index in [0.29, 0.717) is 4.31 Å². The molecule has 0 atom stereocenters. The number of carbonyl (C=O) groups excluding carboxylic acids is 2. The molecule has 8 heteroatoms. The highest BCUT2D eigenvalue weighted by Crippen LogP contribution is 2.31. The van der Waals surface area contributed by atoms with E-state index in [1.54, 1.807) is 0 Å². The first-order valence-corrected chi connectivity index (χ1v) is 6.53. The smallest absolute Gasteiger partial charge is 0.269 e. The molecule has 0 unspecified atom stereocenters. The third-order valence-corrected chi connectivity index (χ3v) is 4.41. The number of primary amides is 1. The Morgan fingerprint density at radius 1 is 1.33 bits per heavy atom. The van der Waals surface area contributed by atoms with Gasteiger partial charge < -0.3 is 11.5 Å². The van der Waals surface area contributed by atoms with E-state index in [-0.39, 0.29) is 29.1 Å². The molecule has 0 radical (unpaired) electrons. The number of nitrogen functional groups attached to an aromatic ring is 1. The first-order chi connectivity index (χ1) is 8.34. The maximum absolute atomic E-state index is 12.1. The summed E-state index contributed by atoms with van der Waals surface area (Å²) in [5.74, 6) is -1.33. The first kappa shape index (κ1) is 12.4. The number of carbonyl (C=O) groups is 2. The predicted molar refractivity (Wildman–Crippen MR) is 62.9 cm³/mol. The molecule has 0 fully saturated rings. The molecule has 1 aliphatic heterocycles. The summed E-state index contributed by atoms with van der Waals surface area (Å²) in [5.41, 5.74) is 10.8. The lowest BCUT2D eigenvalue weighted by Gasteiger charge is -2.13. The topological polar surface area (TPSA) is 124 Å². The molecule has 18 heavy (non-hydrogen) atoms. The Labute approximate surface area is 103 Å². The molecule has 1 aromatic carbocycles. The Kier molecular flexibility index (Phi) is 2.74. The summed E-state index contributed by atoms with van der Waals surface area (Å²) in [5, 5.41) is 0. The number of sulfonamides is 1. The van der Waals surface area contributed by atoms with Crippen molar-refractivity contribution in [3.63, 3.8) is 0 Å². The monoisotopic (exact) mass is 269 g/mol. The molecule has 0 saturated heterocycles. The van der Waals surface area contributed by atoms with Crippen LogP contribution in [-0.2, 0) is 14.8 Å². The molecule has 1 aliphatic rings. The van der Waals surface area contributed by atoms with E-state index in [1.807, 2.05) is 0 Å². The number of hydrogen-bond donors (Lipinski definition) is 2. The molecule has 1 aromatic rings. The average molecular weight is 269 g/mol. The van der Waals surface area contributed by atoms with Crippen molar-refractivity contribution in [1.82, 2.24) is 4.31 Å². The zero-order valence-corrected chi connectivity index (χ0v) is 10.1. The normalized spacial score (nSPS) is 16.7. The number of amides is 2. The van der Waals surface area contributed by atoms with Crippen LogP contribution >= 0.6 is 0 Å². The quantitative estimate of drug-likeness (QED) is 0.701. The second-order valence-corrected chi connectivity index (χ2v) is 5.68. The lowest BCUT2D eigenvalue weighted by Crippen LogP contribution is -2.33. The third kappa shape index (κ3) is 1.80. The maximum Gasteiger partial charge on any atom is 0.269 e. The van der Waals surface area contributed by atoms with Crippen molar-refractivity contribution in [2.24, 2.45) is 5.73 Å². The van der Waals surface area contributed by atoms with Gasteiger partial charge in [-0.25, -0.2) is 12.7 Å². The summed E-state index contributed by atoms with van der Waals surface area (Å²) >= 11 is 0. The Balaban J connectivity index is 2.45. The number of anilines is 1. The molecule has 2 amide bonds. The number of rotatable bonds is 3. The van der Waals surface area contributed by atoms with Crippen LogP contribution in [0.25, 0.3) is 0 Å². The van der Waals surface area contributed by atoms with Crippen molar-refractivity contribution >= 4 is 27.5 Å². The lowest BCUT2D eigenvalue weighted by atomic mass is 10.2. The summed E-state index contributed by atoms with van der Waals surface area (Å²) in [6.07, 6.45) is -0.214. The molecular formula is C10H11N3O4S. The third-order valence-electron chi connectivity index (χ3n) is 2.59. The fraction of sp³-hybridized carbons (Fsp3) is 0.200. The molecular weight excluding hydrogens is 258 g/mol. The molecule has 0 aliphatic carbocycles. The van der Waals surface area contributed by atoms with E-state index in [2.05, 4.69) is 0 Å². The van der Waals surface area contributed by atoms with E-state index >= 15 is 0 Å². The van der Waals surface area contributed by atoms with Crippen molar-refractivity contribution in [2.75, 3.05) is 12.3 Å². The standard InChI is InChI=1S/C10H11N3O4S/c11-6-1-2-7-8(5-6)18(16,17)13(10(7)15)4-3-9(12)14/h1-2,5H,3-4,11H2,(H2,12,14). The fourth-order valence-corrected chi connectivity index (χ4v) is 3.33. The summed E-state index contributed by atoms with van der Waals surface area (Å²) in [4.78, 5) is 22.4. The first-order valence-electron chi connectivity index (χ1n) is 5.09. The van der Waals surface area contributed by atoms with Gasteiger partial charge in [-0.3, -0.25) is 9.59 Å². The van der Waals surface area contributed by atoms with E-state index in [4.69, 9.17) is 11.5 Å². The summed E-state index contributed by atoms with van der Waals surface area (Å²) in [6, 6.07) is 4.03. The molecule has 0 spiro atoms. The number of nitrogens with two attached hydrogens (primary N) is 2. The van der Waals surface area contributed by atoms with Crippen LogP contribution in [-0.4, -0.2) is 31.1 Å². The SMILES string of the molecule is NC(=O)CCN1C(=O)c2ccc(N)cc2S1(=O)=O. The fourth-order valence-electron chi connectivity index (χ4n) is 1.72. The van der Waals surface area contributed by atoms with Crippen molar-refractivity contribution < 1.29 is 18.0 Å². The van der Waals surface area contributed by atoms with Gasteiger partial charge in [0.05, 0.1) is 5.56 Å². The van der Waals surface area contributed by atoms with E-state index in [9.17, 15) is 18.0 Å². The molecule has 2 rings (SSSR count). The number of fused-ring (bicyclic) bond motifs is 1. The van der Waals surface area contributed by atoms with Gasteiger partial charge in [-0.1, -0.05) is 0 Å². The van der Waals surface area contributed by atoms with Gasteiger partial charge in [0.15, 0.2) is 0 Å². The minimum atomic E-state index is -3.92. The van der Waals surface area contributed by atoms with E-state index < -0.39 is 21.8 Å². The van der Waals surface area contributed by atoms with Crippen molar-refractivity contribution in [3.8, 4) is 0 Å². The van der Waals surface area contributed by atoms with Gasteiger partial charge in [-0.15, -0.1) is 0 Å². The van der Waals surface area contributed by atoms with Crippen molar-refractivity contribution in [3.05, 3.63) is 23.8 Å². The maximum atomic E-state index is 12.1. The van der Waals surface area contributed by atoms with Gasteiger partial charge in [0.1, 0.15) is 4.90 Å². The van der Waals surface area contributed by atoms with Crippen molar-refractivity contribution in [1.29, 1.82) is 0 Å². The second-order valence-electron chi connectivity index (χ2n) is 3.85. The molecule has 96 valence electrons.